The lowest BCUT2D eigenvalue weighted by atomic mass is 10.2. The van der Waals surface area contributed by atoms with Crippen molar-refractivity contribution in [2.45, 2.75) is 19.9 Å². The molecule has 0 spiro atoms. The Hall–Kier alpha value is -1.81. The first-order valence-corrected chi connectivity index (χ1v) is 6.13. The van der Waals surface area contributed by atoms with Crippen molar-refractivity contribution in [2.24, 2.45) is 0 Å². The highest BCUT2D eigenvalue weighted by atomic mass is 16.3. The summed E-state index contributed by atoms with van der Waals surface area (Å²) in [4.78, 5) is 10.7. The number of nitrogens with one attached hydrogen (secondary N) is 2. The second-order valence-corrected chi connectivity index (χ2v) is 4.35. The maximum Gasteiger partial charge on any atom is 0.216 e. The smallest absolute Gasteiger partial charge is 0.216 e. The van der Waals surface area contributed by atoms with Crippen molar-refractivity contribution in [2.75, 3.05) is 13.1 Å². The van der Waals surface area contributed by atoms with Crippen molar-refractivity contribution in [1.82, 2.24) is 10.6 Å². The molecular weight excluding hydrogens is 228 g/mol. The number of hydrogen-bond donors (Lipinski definition) is 2. The topological polar surface area (TPSA) is 54.3 Å². The number of fused-ring (bicyclic) bond motifs is 1. The van der Waals surface area contributed by atoms with Gasteiger partial charge in [0.1, 0.15) is 11.3 Å². The molecule has 1 aromatic carbocycles. The molecule has 2 N–H and O–H groups in total. The lowest BCUT2D eigenvalue weighted by Crippen LogP contribution is -2.31. The maximum absolute atomic E-state index is 10.7. The Bertz CT molecular complexity index is 500. The lowest BCUT2D eigenvalue weighted by molar-refractivity contribution is -0.118. The lowest BCUT2D eigenvalue weighted by Gasteiger charge is -2.11. The van der Waals surface area contributed by atoms with Crippen molar-refractivity contribution in [3.8, 4) is 0 Å². The molecule has 0 aliphatic rings. The fraction of sp³-hybridized carbons (Fsp3) is 0.357. The summed E-state index contributed by atoms with van der Waals surface area (Å²) in [6.45, 7) is 4.91. The second-order valence-electron chi connectivity index (χ2n) is 4.35. The first-order chi connectivity index (χ1) is 8.66. The van der Waals surface area contributed by atoms with Crippen LogP contribution in [0.4, 0.5) is 0 Å². The molecule has 0 saturated carbocycles. The SMILES string of the molecule is CC(=O)NCCNC(C)c1cc2ccccc2o1. The fourth-order valence-corrected chi connectivity index (χ4v) is 1.84. The number of amides is 1. The third-order valence-corrected chi connectivity index (χ3v) is 2.82. The van der Waals surface area contributed by atoms with Crippen LogP contribution in [0.1, 0.15) is 25.6 Å². The molecule has 0 aliphatic carbocycles. The second kappa shape index (κ2) is 5.69. The van der Waals surface area contributed by atoms with E-state index in [9.17, 15) is 4.79 Å². The van der Waals surface area contributed by atoms with Gasteiger partial charge in [-0.1, -0.05) is 18.2 Å². The normalized spacial score (nSPS) is 12.6. The number of benzene rings is 1. The Balaban J connectivity index is 1.92. The molecule has 18 heavy (non-hydrogen) atoms. The van der Waals surface area contributed by atoms with Crippen LogP contribution < -0.4 is 10.6 Å². The van der Waals surface area contributed by atoms with Crippen molar-refractivity contribution >= 4 is 16.9 Å². The predicted molar refractivity (Wildman–Crippen MR) is 71.3 cm³/mol. The molecule has 2 rings (SSSR count). The summed E-state index contributed by atoms with van der Waals surface area (Å²) >= 11 is 0. The van der Waals surface area contributed by atoms with E-state index in [-0.39, 0.29) is 11.9 Å². The predicted octanol–water partition coefficient (Wildman–Crippen LogP) is 2.22. The van der Waals surface area contributed by atoms with Crippen molar-refractivity contribution in [3.05, 3.63) is 36.1 Å². The van der Waals surface area contributed by atoms with Gasteiger partial charge in [-0.05, 0) is 19.1 Å². The van der Waals surface area contributed by atoms with Crippen LogP contribution in [0.3, 0.4) is 0 Å². The van der Waals surface area contributed by atoms with Crippen LogP contribution in [0.5, 0.6) is 0 Å². The quantitative estimate of drug-likeness (QED) is 0.795. The van der Waals surface area contributed by atoms with Crippen molar-refractivity contribution in [1.29, 1.82) is 0 Å². The van der Waals surface area contributed by atoms with Gasteiger partial charge in [0.15, 0.2) is 0 Å². The van der Waals surface area contributed by atoms with Crippen molar-refractivity contribution < 1.29 is 9.21 Å². The largest absolute Gasteiger partial charge is 0.459 e. The van der Waals surface area contributed by atoms with E-state index >= 15 is 0 Å². The van der Waals surface area contributed by atoms with Crippen LogP contribution in [-0.4, -0.2) is 19.0 Å². The van der Waals surface area contributed by atoms with Gasteiger partial charge >= 0.3 is 0 Å². The minimum atomic E-state index is -0.00631. The summed E-state index contributed by atoms with van der Waals surface area (Å²) in [6, 6.07) is 10.1. The van der Waals surface area contributed by atoms with E-state index < -0.39 is 0 Å². The average Bonchev–Trinajstić information content (AvgIpc) is 2.78. The van der Waals surface area contributed by atoms with Gasteiger partial charge in [-0.2, -0.15) is 0 Å². The summed E-state index contributed by atoms with van der Waals surface area (Å²) in [5.74, 6) is 0.909. The molecule has 1 amide bonds. The molecule has 96 valence electrons. The van der Waals surface area contributed by atoms with Gasteiger partial charge in [0.05, 0.1) is 6.04 Å². The summed E-state index contributed by atoms with van der Waals surface area (Å²) < 4.78 is 5.76. The summed E-state index contributed by atoms with van der Waals surface area (Å²) in [6.07, 6.45) is 0. The monoisotopic (exact) mass is 246 g/mol. The highest BCUT2D eigenvalue weighted by Gasteiger charge is 2.10. The number of hydrogen-bond acceptors (Lipinski definition) is 3. The molecule has 4 nitrogen and oxygen atoms in total. The Morgan fingerprint density at radius 3 is 2.83 bits per heavy atom. The standard InChI is InChI=1S/C14H18N2O2/c1-10(15-7-8-16-11(2)17)14-9-12-5-3-4-6-13(12)18-14/h3-6,9-10,15H,7-8H2,1-2H3,(H,16,17). The van der Waals surface area contributed by atoms with E-state index in [2.05, 4.69) is 10.6 Å². The molecule has 0 radical (unpaired) electrons. The van der Waals surface area contributed by atoms with E-state index in [1.165, 1.54) is 6.92 Å². The minimum Gasteiger partial charge on any atom is -0.459 e. The first kappa shape index (κ1) is 12.6. The molecule has 1 atom stereocenters. The van der Waals surface area contributed by atoms with Crippen LogP contribution in [0.2, 0.25) is 0 Å². The van der Waals surface area contributed by atoms with Crippen LogP contribution in [-0.2, 0) is 4.79 Å². The Morgan fingerprint density at radius 1 is 1.33 bits per heavy atom. The molecular formula is C14H18N2O2. The van der Waals surface area contributed by atoms with E-state index in [4.69, 9.17) is 4.42 Å². The van der Waals surface area contributed by atoms with Crippen LogP contribution in [0.15, 0.2) is 34.7 Å². The van der Waals surface area contributed by atoms with E-state index in [0.717, 1.165) is 23.3 Å². The van der Waals surface area contributed by atoms with Gasteiger partial charge in [-0.25, -0.2) is 0 Å². The van der Waals surface area contributed by atoms with Gasteiger partial charge in [0.25, 0.3) is 0 Å². The maximum atomic E-state index is 10.7. The third-order valence-electron chi connectivity index (χ3n) is 2.82. The van der Waals surface area contributed by atoms with Gasteiger partial charge in [0, 0.05) is 25.4 Å². The van der Waals surface area contributed by atoms with E-state index in [1.54, 1.807) is 0 Å². The molecule has 0 bridgehead atoms. The number of rotatable bonds is 5. The summed E-state index contributed by atoms with van der Waals surface area (Å²) in [5, 5.41) is 7.17. The zero-order valence-electron chi connectivity index (χ0n) is 10.7. The zero-order valence-corrected chi connectivity index (χ0v) is 10.7. The number of furan rings is 1. The molecule has 1 unspecified atom stereocenters. The van der Waals surface area contributed by atoms with Gasteiger partial charge in [-0.15, -0.1) is 0 Å². The van der Waals surface area contributed by atoms with Crippen molar-refractivity contribution in [3.63, 3.8) is 0 Å². The zero-order chi connectivity index (χ0) is 13.0. The van der Waals surface area contributed by atoms with Gasteiger partial charge < -0.3 is 15.1 Å². The highest BCUT2D eigenvalue weighted by Crippen LogP contribution is 2.23. The molecule has 0 aliphatic heterocycles. The van der Waals surface area contributed by atoms with Crippen LogP contribution in [0, 0.1) is 0 Å². The molecule has 0 fully saturated rings. The molecule has 1 aromatic heterocycles. The number of carbonyl (C=O) groups excluding carboxylic acids is 1. The fourth-order valence-electron chi connectivity index (χ4n) is 1.84. The Morgan fingerprint density at radius 2 is 2.11 bits per heavy atom. The first-order valence-electron chi connectivity index (χ1n) is 6.13. The van der Waals surface area contributed by atoms with Gasteiger partial charge in [0.2, 0.25) is 5.91 Å². The Labute approximate surface area is 106 Å². The molecule has 0 saturated heterocycles. The average molecular weight is 246 g/mol. The summed E-state index contributed by atoms with van der Waals surface area (Å²) in [5.41, 5.74) is 0.906. The minimum absolute atomic E-state index is 0.00631. The van der Waals surface area contributed by atoms with E-state index in [1.807, 2.05) is 37.3 Å². The Kier molecular flexibility index (Phi) is 3.99. The van der Waals surface area contributed by atoms with Crippen LogP contribution in [0.25, 0.3) is 11.0 Å². The number of para-hydroxylation sites is 1. The van der Waals surface area contributed by atoms with E-state index in [0.29, 0.717) is 6.54 Å². The highest BCUT2D eigenvalue weighted by molar-refractivity contribution is 5.77. The number of carbonyl (C=O) groups is 1. The molecule has 4 heteroatoms. The summed E-state index contributed by atoms with van der Waals surface area (Å²) in [7, 11) is 0. The van der Waals surface area contributed by atoms with Gasteiger partial charge in [-0.3, -0.25) is 4.79 Å². The molecule has 2 aromatic rings. The van der Waals surface area contributed by atoms with Crippen LogP contribution >= 0.6 is 0 Å². The molecule has 1 heterocycles. The third kappa shape index (κ3) is 3.11.